The fraction of sp³-hybridized carbons (Fsp3) is 0.391. The van der Waals surface area contributed by atoms with Crippen LogP contribution in [0.2, 0.25) is 5.02 Å². The van der Waals surface area contributed by atoms with Crippen LogP contribution in [0.1, 0.15) is 11.1 Å². The van der Waals surface area contributed by atoms with E-state index < -0.39 is 0 Å². The van der Waals surface area contributed by atoms with Crippen LogP contribution in [0.5, 0.6) is 0 Å². The van der Waals surface area contributed by atoms with Crippen molar-refractivity contribution in [3.05, 3.63) is 64.7 Å². The summed E-state index contributed by atoms with van der Waals surface area (Å²) in [5.41, 5.74) is 2.97. The van der Waals surface area contributed by atoms with Gasteiger partial charge in [-0.05, 0) is 24.6 Å². The van der Waals surface area contributed by atoms with Crippen molar-refractivity contribution in [2.75, 3.05) is 51.6 Å². The molecule has 7 heteroatoms. The van der Waals surface area contributed by atoms with Gasteiger partial charge >= 0.3 is 0 Å². The maximum Gasteiger partial charge on any atom is 0.238 e. The molecule has 0 saturated carbocycles. The number of benzene rings is 2. The highest BCUT2D eigenvalue weighted by Crippen LogP contribution is 2.20. The number of hydrogen-bond donors (Lipinski definition) is 1. The molecule has 1 N–H and O–H groups in total. The molecule has 0 bridgehead atoms. The van der Waals surface area contributed by atoms with Crippen LogP contribution in [-0.2, 0) is 16.1 Å². The van der Waals surface area contributed by atoms with E-state index in [1.54, 1.807) is 17.0 Å². The van der Waals surface area contributed by atoms with Crippen LogP contribution in [0.15, 0.2) is 48.5 Å². The van der Waals surface area contributed by atoms with Crippen molar-refractivity contribution in [3.63, 3.8) is 0 Å². The van der Waals surface area contributed by atoms with Crippen LogP contribution in [0.4, 0.5) is 5.69 Å². The quantitative estimate of drug-likeness (QED) is 0.736. The molecular formula is C23H29ClN4O2. The Kier molecular flexibility index (Phi) is 7.85. The average molecular weight is 429 g/mol. The van der Waals surface area contributed by atoms with E-state index in [9.17, 15) is 9.59 Å². The standard InChI is InChI=1S/C23H29ClN4O2/c1-18-7-9-19(10-8-18)15-26(2)23(30)17-28-13-11-27(12-14-28)16-22(29)25-21-6-4-3-5-20(21)24/h3-10H,11-17H2,1-2H3,(H,25,29). The van der Waals surface area contributed by atoms with Crippen molar-refractivity contribution in [2.24, 2.45) is 0 Å². The molecule has 0 aromatic heterocycles. The molecule has 30 heavy (non-hydrogen) atoms. The van der Waals surface area contributed by atoms with E-state index in [2.05, 4.69) is 46.3 Å². The van der Waals surface area contributed by atoms with Gasteiger partial charge in [0.2, 0.25) is 11.8 Å². The highest BCUT2D eigenvalue weighted by atomic mass is 35.5. The third-order valence-electron chi connectivity index (χ3n) is 5.31. The lowest BCUT2D eigenvalue weighted by atomic mass is 10.1. The zero-order chi connectivity index (χ0) is 21.5. The van der Waals surface area contributed by atoms with Gasteiger partial charge in [-0.25, -0.2) is 0 Å². The number of nitrogens with one attached hydrogen (secondary N) is 1. The number of piperazine rings is 1. The number of halogens is 1. The first-order chi connectivity index (χ1) is 14.4. The van der Waals surface area contributed by atoms with Crippen molar-refractivity contribution >= 4 is 29.1 Å². The zero-order valence-corrected chi connectivity index (χ0v) is 18.4. The van der Waals surface area contributed by atoms with E-state index in [1.165, 1.54) is 5.56 Å². The second-order valence-corrected chi connectivity index (χ2v) is 8.22. The Morgan fingerprint density at radius 1 is 0.967 bits per heavy atom. The molecule has 1 heterocycles. The van der Waals surface area contributed by atoms with Crippen LogP contribution >= 0.6 is 11.6 Å². The first-order valence-corrected chi connectivity index (χ1v) is 10.6. The lowest BCUT2D eigenvalue weighted by Crippen LogP contribution is -2.51. The summed E-state index contributed by atoms with van der Waals surface area (Å²) < 4.78 is 0. The first-order valence-electron chi connectivity index (χ1n) is 10.2. The number of amides is 2. The molecule has 2 amide bonds. The molecule has 1 aliphatic rings. The Bertz CT molecular complexity index is 864. The second-order valence-electron chi connectivity index (χ2n) is 7.82. The number of aryl methyl sites for hydroxylation is 1. The predicted octanol–water partition coefficient (Wildman–Crippen LogP) is 2.86. The van der Waals surface area contributed by atoms with Crippen molar-refractivity contribution in [2.45, 2.75) is 13.5 Å². The summed E-state index contributed by atoms with van der Waals surface area (Å²) in [7, 11) is 1.84. The normalized spacial score (nSPS) is 15.0. The maximum absolute atomic E-state index is 12.6. The molecule has 1 aliphatic heterocycles. The third-order valence-corrected chi connectivity index (χ3v) is 5.63. The number of carbonyl (C=O) groups is 2. The van der Waals surface area contributed by atoms with Crippen LogP contribution in [-0.4, -0.2) is 72.8 Å². The van der Waals surface area contributed by atoms with E-state index in [4.69, 9.17) is 11.6 Å². The molecule has 1 fully saturated rings. The van der Waals surface area contributed by atoms with Crippen molar-refractivity contribution in [1.29, 1.82) is 0 Å². The Hall–Kier alpha value is -2.41. The van der Waals surface area contributed by atoms with Gasteiger partial charge in [0.05, 0.1) is 23.8 Å². The molecule has 6 nitrogen and oxygen atoms in total. The van der Waals surface area contributed by atoms with Gasteiger partial charge in [-0.3, -0.25) is 19.4 Å². The van der Waals surface area contributed by atoms with Crippen molar-refractivity contribution < 1.29 is 9.59 Å². The van der Waals surface area contributed by atoms with Crippen molar-refractivity contribution in [1.82, 2.24) is 14.7 Å². The second kappa shape index (κ2) is 10.6. The lowest BCUT2D eigenvalue weighted by molar-refractivity contribution is -0.132. The summed E-state index contributed by atoms with van der Waals surface area (Å²) in [6.45, 7) is 6.44. The lowest BCUT2D eigenvalue weighted by Gasteiger charge is -2.34. The number of rotatable bonds is 7. The molecule has 0 atom stereocenters. The zero-order valence-electron chi connectivity index (χ0n) is 17.6. The first kappa shape index (κ1) is 22.3. The molecular weight excluding hydrogens is 400 g/mol. The summed E-state index contributed by atoms with van der Waals surface area (Å²) in [5.74, 6) is 0.0333. The maximum atomic E-state index is 12.6. The molecule has 160 valence electrons. The van der Waals surface area contributed by atoms with E-state index in [-0.39, 0.29) is 11.8 Å². The van der Waals surface area contributed by atoms with Crippen LogP contribution in [0, 0.1) is 6.92 Å². The summed E-state index contributed by atoms with van der Waals surface area (Å²) in [6, 6.07) is 15.5. The van der Waals surface area contributed by atoms with E-state index >= 15 is 0 Å². The fourth-order valence-corrected chi connectivity index (χ4v) is 3.61. The highest BCUT2D eigenvalue weighted by molar-refractivity contribution is 6.33. The fourth-order valence-electron chi connectivity index (χ4n) is 3.43. The molecule has 1 saturated heterocycles. The number of hydrogen-bond acceptors (Lipinski definition) is 4. The summed E-state index contributed by atoms with van der Waals surface area (Å²) >= 11 is 6.09. The topological polar surface area (TPSA) is 55.9 Å². The number of likely N-dealkylation sites (N-methyl/N-ethyl adjacent to an activating group) is 1. The molecule has 0 spiro atoms. The molecule has 3 rings (SSSR count). The molecule has 0 radical (unpaired) electrons. The van der Waals surface area contributed by atoms with Gasteiger partial charge < -0.3 is 10.2 Å². The monoisotopic (exact) mass is 428 g/mol. The number of nitrogens with zero attached hydrogens (tertiary/aromatic N) is 3. The van der Waals surface area contributed by atoms with Gasteiger partial charge in [-0.2, -0.15) is 0 Å². The number of carbonyl (C=O) groups excluding carboxylic acids is 2. The molecule has 0 aliphatic carbocycles. The minimum absolute atomic E-state index is 0.0783. The summed E-state index contributed by atoms with van der Waals surface area (Å²) in [4.78, 5) is 30.9. The molecule has 0 unspecified atom stereocenters. The number of para-hydroxylation sites is 1. The van der Waals surface area contributed by atoms with Gasteiger partial charge in [0.15, 0.2) is 0 Å². The third kappa shape index (κ3) is 6.55. The number of anilines is 1. The Labute approximate surface area is 183 Å². The SMILES string of the molecule is Cc1ccc(CN(C)C(=O)CN2CCN(CC(=O)Nc3ccccc3Cl)CC2)cc1. The minimum Gasteiger partial charge on any atom is -0.340 e. The van der Waals surface area contributed by atoms with E-state index in [1.807, 2.05) is 19.2 Å². The molecule has 2 aromatic rings. The van der Waals surface area contributed by atoms with Gasteiger partial charge in [0.25, 0.3) is 0 Å². The van der Waals surface area contributed by atoms with Crippen LogP contribution < -0.4 is 5.32 Å². The van der Waals surface area contributed by atoms with Crippen LogP contribution in [0.3, 0.4) is 0 Å². The van der Waals surface area contributed by atoms with Gasteiger partial charge in [0, 0.05) is 39.8 Å². The summed E-state index contributed by atoms with van der Waals surface area (Å²) in [5, 5.41) is 3.39. The highest BCUT2D eigenvalue weighted by Gasteiger charge is 2.22. The Morgan fingerprint density at radius 2 is 1.57 bits per heavy atom. The van der Waals surface area contributed by atoms with Gasteiger partial charge in [0.1, 0.15) is 0 Å². The van der Waals surface area contributed by atoms with Crippen LogP contribution in [0.25, 0.3) is 0 Å². The Balaban J connectivity index is 1.39. The van der Waals surface area contributed by atoms with Crippen molar-refractivity contribution in [3.8, 4) is 0 Å². The predicted molar refractivity (Wildman–Crippen MR) is 121 cm³/mol. The summed E-state index contributed by atoms with van der Waals surface area (Å²) in [6.07, 6.45) is 0. The minimum atomic E-state index is -0.0783. The average Bonchev–Trinajstić information content (AvgIpc) is 2.73. The van der Waals surface area contributed by atoms with E-state index in [0.717, 1.165) is 31.7 Å². The Morgan fingerprint density at radius 3 is 2.20 bits per heavy atom. The molecule has 2 aromatic carbocycles. The van der Waals surface area contributed by atoms with E-state index in [0.29, 0.717) is 30.3 Å². The van der Waals surface area contributed by atoms with Gasteiger partial charge in [-0.1, -0.05) is 53.6 Å². The smallest absolute Gasteiger partial charge is 0.238 e. The van der Waals surface area contributed by atoms with Gasteiger partial charge in [-0.15, -0.1) is 0 Å². The largest absolute Gasteiger partial charge is 0.340 e.